The van der Waals surface area contributed by atoms with E-state index in [9.17, 15) is 19.5 Å². The zero-order chi connectivity index (χ0) is 34.2. The van der Waals surface area contributed by atoms with E-state index >= 15 is 4.79 Å². The van der Waals surface area contributed by atoms with Crippen LogP contribution in [-0.2, 0) is 31.1 Å². The summed E-state index contributed by atoms with van der Waals surface area (Å²) in [5.41, 5.74) is 1.05. The molecule has 3 aromatic carbocycles. The van der Waals surface area contributed by atoms with E-state index in [0.717, 1.165) is 10.5 Å². The number of hydrogen-bond donors (Lipinski definition) is 1. The van der Waals surface area contributed by atoms with Gasteiger partial charge >= 0.3 is 0 Å². The Bertz CT molecular complexity index is 2070. The number of carbonyl (C=O) groups is 4. The van der Waals surface area contributed by atoms with Crippen LogP contribution >= 0.6 is 38.9 Å². The number of likely N-dealkylation sites (tertiary alicyclic amines) is 1. The van der Waals surface area contributed by atoms with E-state index in [-0.39, 0.29) is 42.2 Å². The van der Waals surface area contributed by atoms with Gasteiger partial charge < -0.3 is 9.84 Å². The van der Waals surface area contributed by atoms with Gasteiger partial charge in [-0.3, -0.25) is 24.1 Å². The number of anilines is 1. The third-order valence-corrected chi connectivity index (χ3v) is 12.5. The first-order valence-electron chi connectivity index (χ1n) is 16.0. The number of hydrogen-bond acceptors (Lipinski definition) is 7. The van der Waals surface area contributed by atoms with Crippen molar-refractivity contribution in [3.63, 3.8) is 0 Å². The Labute approximate surface area is 300 Å². The molecule has 1 N–H and O–H groups in total. The Morgan fingerprint density at radius 3 is 2.47 bits per heavy atom. The summed E-state index contributed by atoms with van der Waals surface area (Å²) in [4.78, 5) is 61.9. The number of methoxy groups -OCH3 is 1. The van der Waals surface area contributed by atoms with E-state index in [2.05, 4.69) is 15.9 Å². The van der Waals surface area contributed by atoms with Crippen LogP contribution in [-0.4, -0.2) is 40.7 Å². The number of aromatic hydroxyl groups is 1. The van der Waals surface area contributed by atoms with Gasteiger partial charge in [0.1, 0.15) is 0 Å². The Morgan fingerprint density at radius 2 is 1.76 bits per heavy atom. The van der Waals surface area contributed by atoms with Gasteiger partial charge in [0.05, 0.1) is 47.0 Å². The molecule has 49 heavy (non-hydrogen) atoms. The van der Waals surface area contributed by atoms with Gasteiger partial charge in [-0.25, -0.2) is 4.90 Å². The third-order valence-electron chi connectivity index (χ3n) is 10.8. The molecular formula is C38H30BrClN2O6S. The highest BCUT2D eigenvalue weighted by atomic mass is 79.9. The van der Waals surface area contributed by atoms with Crippen molar-refractivity contribution in [1.29, 1.82) is 0 Å². The summed E-state index contributed by atoms with van der Waals surface area (Å²) in [5.74, 6) is -4.55. The fourth-order valence-corrected chi connectivity index (χ4v) is 10.2. The molecule has 2 aliphatic heterocycles. The topological polar surface area (TPSA) is 104 Å². The smallest absolute Gasteiger partial charge is 0.246 e. The van der Waals surface area contributed by atoms with Gasteiger partial charge in [-0.15, -0.1) is 11.3 Å². The first-order chi connectivity index (χ1) is 23.7. The zero-order valence-electron chi connectivity index (χ0n) is 26.2. The summed E-state index contributed by atoms with van der Waals surface area (Å²) in [7, 11) is 1.45. The number of amides is 4. The monoisotopic (exact) mass is 756 g/mol. The molecule has 4 aliphatic rings. The fraction of sp³-hybridized carbons (Fsp3) is 0.263. The lowest BCUT2D eigenvalue weighted by atomic mass is 9.49. The van der Waals surface area contributed by atoms with Crippen LogP contribution in [0.25, 0.3) is 0 Å². The first kappa shape index (κ1) is 32.0. The number of allylic oxidation sites excluding steroid dienone is 2. The number of nitrogens with zero attached hydrogens (tertiary/aromatic N) is 2. The van der Waals surface area contributed by atoms with Crippen LogP contribution in [0.2, 0.25) is 5.02 Å². The summed E-state index contributed by atoms with van der Waals surface area (Å²) in [5, 5.41) is 13.1. The van der Waals surface area contributed by atoms with E-state index in [4.69, 9.17) is 16.3 Å². The summed E-state index contributed by atoms with van der Waals surface area (Å²) in [6.45, 7) is 0.202. The van der Waals surface area contributed by atoms with Crippen molar-refractivity contribution < 1.29 is 29.0 Å². The average molecular weight is 758 g/mol. The molecule has 11 heteroatoms. The summed E-state index contributed by atoms with van der Waals surface area (Å²) >= 11 is 11.4. The lowest BCUT2D eigenvalue weighted by Gasteiger charge is -2.50. The van der Waals surface area contributed by atoms with Crippen LogP contribution in [0.1, 0.15) is 34.8 Å². The van der Waals surface area contributed by atoms with Crippen molar-refractivity contribution >= 4 is 68.2 Å². The predicted molar refractivity (Wildman–Crippen MR) is 188 cm³/mol. The Hall–Kier alpha value is -4.25. The SMILES string of the molecule is COc1cc([C@H]2C3=CC[C@@H]4C(=O)N(Cc5cccs5)C(=O)[C@@H]4[C@@H]3C[C@H]3C(=O)N(c4cccc(Cl)c4)C(=O)[C@@]23c2ccccc2)cc(Br)c1O. The molecule has 8 rings (SSSR count). The standard InChI is InChI=1S/C38H30BrClN2O6S/c1-48-30-16-20(15-29(39)33(30)43)32-25-12-13-26-31(36(46)41(34(26)44)19-24-11-6-14-49-24)27(25)18-28-35(45)42(23-10-5-9-22(40)17-23)37(47)38(28,32)21-7-3-2-4-8-21/h2-12,14-17,26-28,31-32,43H,13,18-19H2,1H3/t26-,27+,28-,31-,32-,38+/m0/s1. The highest BCUT2D eigenvalue weighted by molar-refractivity contribution is 9.10. The normalized spacial score (nSPS) is 27.6. The highest BCUT2D eigenvalue weighted by Gasteiger charge is 2.70. The van der Waals surface area contributed by atoms with Crippen LogP contribution in [0.5, 0.6) is 11.5 Å². The van der Waals surface area contributed by atoms with Crippen molar-refractivity contribution in [3.8, 4) is 11.5 Å². The molecule has 248 valence electrons. The molecular weight excluding hydrogens is 728 g/mol. The van der Waals surface area contributed by atoms with Crippen LogP contribution in [0.15, 0.2) is 100 Å². The number of imide groups is 2. The number of halogens is 2. The second kappa shape index (κ2) is 12.0. The van der Waals surface area contributed by atoms with Crippen LogP contribution in [0.3, 0.4) is 0 Å². The van der Waals surface area contributed by atoms with Crippen molar-refractivity contribution in [2.24, 2.45) is 23.7 Å². The second-order valence-corrected chi connectivity index (χ2v) is 15.3. The summed E-state index contributed by atoms with van der Waals surface area (Å²) < 4.78 is 5.94. The lowest BCUT2D eigenvalue weighted by molar-refractivity contribution is -0.141. The van der Waals surface area contributed by atoms with Gasteiger partial charge in [0.25, 0.3) is 0 Å². The van der Waals surface area contributed by atoms with Gasteiger partial charge in [-0.05, 0) is 87.6 Å². The molecule has 3 heterocycles. The molecule has 2 saturated heterocycles. The van der Waals surface area contributed by atoms with Gasteiger partial charge in [-0.1, -0.05) is 65.7 Å². The van der Waals surface area contributed by atoms with Gasteiger partial charge in [0.2, 0.25) is 23.6 Å². The van der Waals surface area contributed by atoms with Gasteiger partial charge in [0.15, 0.2) is 11.5 Å². The van der Waals surface area contributed by atoms with Crippen LogP contribution in [0, 0.1) is 23.7 Å². The number of carbonyl (C=O) groups excluding carboxylic acids is 4. The zero-order valence-corrected chi connectivity index (χ0v) is 29.4. The number of phenols is 1. The number of thiophene rings is 1. The molecule has 3 fully saturated rings. The van der Waals surface area contributed by atoms with Crippen LogP contribution < -0.4 is 9.64 Å². The number of benzene rings is 3. The highest BCUT2D eigenvalue weighted by Crippen LogP contribution is 2.65. The summed E-state index contributed by atoms with van der Waals surface area (Å²) in [6.07, 6.45) is 2.54. The molecule has 1 aromatic heterocycles. The molecule has 8 nitrogen and oxygen atoms in total. The largest absolute Gasteiger partial charge is 0.503 e. The minimum Gasteiger partial charge on any atom is -0.503 e. The first-order valence-corrected chi connectivity index (χ1v) is 18.0. The van der Waals surface area contributed by atoms with Crippen molar-refractivity contribution in [1.82, 2.24) is 4.90 Å². The van der Waals surface area contributed by atoms with Gasteiger partial charge in [0, 0.05) is 15.8 Å². The second-order valence-electron chi connectivity index (χ2n) is 13.0. The number of ether oxygens (including phenoxy) is 1. The van der Waals surface area contributed by atoms with E-state index in [1.165, 1.54) is 28.2 Å². The lowest BCUT2D eigenvalue weighted by Crippen LogP contribution is -2.53. The van der Waals surface area contributed by atoms with Crippen molar-refractivity contribution in [2.75, 3.05) is 12.0 Å². The number of phenolic OH excluding ortho intramolecular Hbond substituents is 1. The number of fused-ring (bicyclic) bond motifs is 4. The maximum atomic E-state index is 15.3. The minimum absolute atomic E-state index is 0.100. The van der Waals surface area contributed by atoms with Crippen LogP contribution in [0.4, 0.5) is 5.69 Å². The van der Waals surface area contributed by atoms with E-state index < -0.39 is 40.9 Å². The fourth-order valence-electron chi connectivity index (χ4n) is 8.81. The molecule has 0 unspecified atom stereocenters. The molecule has 0 spiro atoms. The van der Waals surface area contributed by atoms with Crippen molar-refractivity contribution in [3.05, 3.63) is 121 Å². The van der Waals surface area contributed by atoms with E-state index in [1.807, 2.05) is 53.9 Å². The summed E-state index contributed by atoms with van der Waals surface area (Å²) in [6, 6.07) is 23.2. The Kier molecular flexibility index (Phi) is 7.81. The molecule has 6 atom stereocenters. The maximum absolute atomic E-state index is 15.3. The molecule has 0 bridgehead atoms. The maximum Gasteiger partial charge on any atom is 0.246 e. The molecule has 4 amide bonds. The molecule has 1 saturated carbocycles. The Morgan fingerprint density at radius 1 is 0.959 bits per heavy atom. The third kappa shape index (κ3) is 4.67. The minimum atomic E-state index is -1.43. The Balaban J connectivity index is 1.36. The predicted octanol–water partition coefficient (Wildman–Crippen LogP) is 7.24. The van der Waals surface area contributed by atoms with E-state index in [1.54, 1.807) is 36.4 Å². The average Bonchev–Trinajstić information content (AvgIpc) is 3.77. The quantitative estimate of drug-likeness (QED) is 0.164. The number of rotatable bonds is 6. The van der Waals surface area contributed by atoms with Gasteiger partial charge in [-0.2, -0.15) is 0 Å². The van der Waals surface area contributed by atoms with Crippen molar-refractivity contribution in [2.45, 2.75) is 30.7 Å². The molecule has 4 aromatic rings. The molecule has 0 radical (unpaired) electrons. The van der Waals surface area contributed by atoms with E-state index in [0.29, 0.717) is 32.7 Å². The molecule has 2 aliphatic carbocycles.